The lowest BCUT2D eigenvalue weighted by Gasteiger charge is -2.10. The van der Waals surface area contributed by atoms with E-state index in [-0.39, 0.29) is 17.2 Å². The SMILES string of the molecule is Cc1cc2oc(=O)cc(COC(=O)CNC(=O)c3ccc(Cl)c([N+](=O)[O-])c3)c2cc1C. The lowest BCUT2D eigenvalue weighted by molar-refractivity contribution is -0.384. The number of nitrogens with one attached hydrogen (secondary N) is 1. The number of ether oxygens (including phenoxy) is 1. The molecule has 0 aliphatic heterocycles. The first-order valence-corrected chi connectivity index (χ1v) is 9.45. The van der Waals surface area contributed by atoms with E-state index in [1.807, 2.05) is 19.9 Å². The van der Waals surface area contributed by atoms with E-state index in [9.17, 15) is 24.5 Å². The molecule has 0 fully saturated rings. The van der Waals surface area contributed by atoms with Crippen LogP contribution in [-0.4, -0.2) is 23.3 Å². The molecule has 1 heterocycles. The quantitative estimate of drug-likeness (QED) is 0.267. The molecule has 31 heavy (non-hydrogen) atoms. The minimum absolute atomic E-state index is 0.0265. The average Bonchev–Trinajstić information content (AvgIpc) is 2.71. The van der Waals surface area contributed by atoms with E-state index in [1.54, 1.807) is 6.07 Å². The van der Waals surface area contributed by atoms with E-state index in [2.05, 4.69) is 5.32 Å². The Kier molecular flexibility index (Phi) is 6.36. The highest BCUT2D eigenvalue weighted by Crippen LogP contribution is 2.25. The van der Waals surface area contributed by atoms with Gasteiger partial charge >= 0.3 is 11.6 Å². The fourth-order valence-corrected chi connectivity index (χ4v) is 3.05. The van der Waals surface area contributed by atoms with Crippen LogP contribution in [0.5, 0.6) is 0 Å². The number of aryl methyl sites for hydroxylation is 2. The van der Waals surface area contributed by atoms with Crippen LogP contribution in [-0.2, 0) is 16.1 Å². The molecule has 0 aliphatic rings. The number of benzene rings is 2. The molecule has 2 aromatic carbocycles. The Bertz CT molecular complexity index is 1270. The Labute approximate surface area is 180 Å². The maximum Gasteiger partial charge on any atom is 0.336 e. The second-order valence-corrected chi connectivity index (χ2v) is 7.20. The molecule has 0 bridgehead atoms. The van der Waals surface area contributed by atoms with Crippen LogP contribution in [0, 0.1) is 24.0 Å². The molecule has 0 unspecified atom stereocenters. The number of nitrogens with zero attached hydrogens (tertiary/aromatic N) is 1. The fraction of sp³-hybridized carbons (Fsp3) is 0.190. The second kappa shape index (κ2) is 8.97. The number of rotatable bonds is 6. The second-order valence-electron chi connectivity index (χ2n) is 6.79. The van der Waals surface area contributed by atoms with Crippen molar-refractivity contribution in [2.75, 3.05) is 6.54 Å². The summed E-state index contributed by atoms with van der Waals surface area (Å²) < 4.78 is 10.4. The largest absolute Gasteiger partial charge is 0.459 e. The van der Waals surface area contributed by atoms with E-state index < -0.39 is 34.7 Å². The van der Waals surface area contributed by atoms with Gasteiger partial charge in [-0.05, 0) is 49.2 Å². The lowest BCUT2D eigenvalue weighted by Crippen LogP contribution is -2.30. The summed E-state index contributed by atoms with van der Waals surface area (Å²) in [6.07, 6.45) is 0. The molecule has 0 radical (unpaired) electrons. The van der Waals surface area contributed by atoms with E-state index in [1.165, 1.54) is 18.2 Å². The summed E-state index contributed by atoms with van der Waals surface area (Å²) in [5.74, 6) is -1.45. The molecule has 0 atom stereocenters. The molecule has 3 rings (SSSR count). The normalized spacial score (nSPS) is 10.7. The molecule has 0 spiro atoms. The lowest BCUT2D eigenvalue weighted by atomic mass is 10.0. The molecule has 0 saturated heterocycles. The molecule has 0 aliphatic carbocycles. The van der Waals surface area contributed by atoms with Crippen LogP contribution in [0.3, 0.4) is 0 Å². The van der Waals surface area contributed by atoms with Gasteiger partial charge < -0.3 is 14.5 Å². The van der Waals surface area contributed by atoms with Crippen molar-refractivity contribution in [2.24, 2.45) is 0 Å². The summed E-state index contributed by atoms with van der Waals surface area (Å²) in [5, 5.41) is 13.8. The molecule has 1 amide bonds. The standard InChI is InChI=1S/C21H17ClN2O7/c1-11-5-15-14(8-19(25)31-18(15)6-12(11)2)10-30-20(26)9-23-21(27)13-3-4-16(22)17(7-13)24(28)29/h3-8H,9-10H2,1-2H3,(H,23,27). The first-order chi connectivity index (χ1) is 14.7. The highest BCUT2D eigenvalue weighted by Gasteiger charge is 2.17. The summed E-state index contributed by atoms with van der Waals surface area (Å²) in [5.41, 5.74) is 1.79. The van der Waals surface area contributed by atoms with Crippen molar-refractivity contribution in [3.05, 3.63) is 84.2 Å². The minimum Gasteiger partial charge on any atom is -0.459 e. The smallest absolute Gasteiger partial charge is 0.336 e. The molecular formula is C21H17ClN2O7. The number of halogens is 1. The topological polar surface area (TPSA) is 129 Å². The summed E-state index contributed by atoms with van der Waals surface area (Å²) in [6.45, 7) is 3.14. The highest BCUT2D eigenvalue weighted by atomic mass is 35.5. The summed E-state index contributed by atoms with van der Waals surface area (Å²) >= 11 is 5.72. The van der Waals surface area contributed by atoms with Gasteiger partial charge in [-0.25, -0.2) is 4.79 Å². The monoisotopic (exact) mass is 444 g/mol. The van der Waals surface area contributed by atoms with E-state index in [0.717, 1.165) is 17.2 Å². The van der Waals surface area contributed by atoms with Gasteiger partial charge in [0.15, 0.2) is 0 Å². The van der Waals surface area contributed by atoms with Gasteiger partial charge in [0.2, 0.25) is 0 Å². The number of nitro benzene ring substituents is 1. The van der Waals surface area contributed by atoms with Gasteiger partial charge in [0.05, 0.1) is 4.92 Å². The predicted octanol–water partition coefficient (Wildman–Crippen LogP) is 3.44. The van der Waals surface area contributed by atoms with Crippen LogP contribution < -0.4 is 10.9 Å². The number of nitro groups is 1. The molecule has 10 heteroatoms. The Balaban J connectivity index is 1.65. The Morgan fingerprint density at radius 2 is 1.87 bits per heavy atom. The third-order valence-electron chi connectivity index (χ3n) is 4.63. The number of carbonyl (C=O) groups excluding carboxylic acids is 2. The summed E-state index contributed by atoms with van der Waals surface area (Å²) in [4.78, 5) is 46.2. The van der Waals surface area contributed by atoms with Gasteiger partial charge in [0, 0.05) is 28.6 Å². The predicted molar refractivity (Wildman–Crippen MR) is 112 cm³/mol. The van der Waals surface area contributed by atoms with Crippen molar-refractivity contribution in [1.82, 2.24) is 5.32 Å². The van der Waals surface area contributed by atoms with Gasteiger partial charge in [0.1, 0.15) is 23.8 Å². The maximum absolute atomic E-state index is 12.2. The molecular weight excluding hydrogens is 428 g/mol. The van der Waals surface area contributed by atoms with Crippen molar-refractivity contribution in [2.45, 2.75) is 20.5 Å². The van der Waals surface area contributed by atoms with Crippen LogP contribution in [0.2, 0.25) is 5.02 Å². The number of amides is 1. The van der Waals surface area contributed by atoms with E-state index in [0.29, 0.717) is 16.5 Å². The first-order valence-electron chi connectivity index (χ1n) is 9.07. The third-order valence-corrected chi connectivity index (χ3v) is 4.95. The minimum atomic E-state index is -0.748. The van der Waals surface area contributed by atoms with Crippen LogP contribution in [0.25, 0.3) is 11.0 Å². The van der Waals surface area contributed by atoms with Gasteiger partial charge in [0.25, 0.3) is 11.6 Å². The Hall–Kier alpha value is -3.72. The van der Waals surface area contributed by atoms with Crippen LogP contribution in [0.15, 0.2) is 45.6 Å². The van der Waals surface area contributed by atoms with Crippen LogP contribution in [0.4, 0.5) is 5.69 Å². The summed E-state index contributed by atoms with van der Waals surface area (Å²) in [7, 11) is 0. The molecule has 1 aromatic heterocycles. The fourth-order valence-electron chi connectivity index (χ4n) is 2.86. The maximum atomic E-state index is 12.2. The van der Waals surface area contributed by atoms with Crippen LogP contribution >= 0.6 is 11.6 Å². The number of hydrogen-bond donors (Lipinski definition) is 1. The number of carbonyl (C=O) groups is 2. The van der Waals surface area contributed by atoms with Gasteiger partial charge in [-0.2, -0.15) is 0 Å². The van der Waals surface area contributed by atoms with Crippen molar-refractivity contribution < 1.29 is 23.7 Å². The average molecular weight is 445 g/mol. The van der Waals surface area contributed by atoms with Gasteiger partial charge in [-0.15, -0.1) is 0 Å². The van der Waals surface area contributed by atoms with E-state index >= 15 is 0 Å². The van der Waals surface area contributed by atoms with E-state index in [4.69, 9.17) is 20.8 Å². The molecule has 1 N–H and O–H groups in total. The molecule has 9 nitrogen and oxygen atoms in total. The number of hydrogen-bond acceptors (Lipinski definition) is 7. The summed E-state index contributed by atoms with van der Waals surface area (Å²) in [6, 6.07) is 8.37. The number of fused-ring (bicyclic) bond motifs is 1. The third kappa shape index (κ3) is 5.07. The zero-order valence-electron chi connectivity index (χ0n) is 16.6. The zero-order chi connectivity index (χ0) is 22.7. The van der Waals surface area contributed by atoms with Gasteiger partial charge in [-0.3, -0.25) is 19.7 Å². The van der Waals surface area contributed by atoms with Crippen molar-refractivity contribution in [3.63, 3.8) is 0 Å². The van der Waals surface area contributed by atoms with Gasteiger partial charge in [-0.1, -0.05) is 11.6 Å². The van der Waals surface area contributed by atoms with Crippen LogP contribution in [0.1, 0.15) is 27.0 Å². The zero-order valence-corrected chi connectivity index (χ0v) is 17.3. The van der Waals surface area contributed by atoms with Crippen molar-refractivity contribution in [3.8, 4) is 0 Å². The highest BCUT2D eigenvalue weighted by molar-refractivity contribution is 6.32. The Morgan fingerprint density at radius 1 is 1.16 bits per heavy atom. The molecule has 160 valence electrons. The molecule has 0 saturated carbocycles. The first kappa shape index (κ1) is 22.0. The van der Waals surface area contributed by atoms with Crippen molar-refractivity contribution in [1.29, 1.82) is 0 Å². The van der Waals surface area contributed by atoms with Crippen molar-refractivity contribution >= 4 is 40.1 Å². The molecule has 3 aromatic rings. The number of esters is 1. The Morgan fingerprint density at radius 3 is 2.58 bits per heavy atom.